The van der Waals surface area contributed by atoms with Crippen LogP contribution in [0.3, 0.4) is 0 Å². The van der Waals surface area contributed by atoms with Gasteiger partial charge in [-0.15, -0.1) is 0 Å². The molecule has 17 heavy (non-hydrogen) atoms. The van der Waals surface area contributed by atoms with Crippen LogP contribution in [-0.4, -0.2) is 6.03 Å². The van der Waals surface area contributed by atoms with Gasteiger partial charge in [-0.1, -0.05) is 6.07 Å². The van der Waals surface area contributed by atoms with Gasteiger partial charge in [-0.2, -0.15) is 0 Å². The van der Waals surface area contributed by atoms with Crippen molar-refractivity contribution in [2.75, 3.05) is 11.1 Å². The molecule has 0 unspecified atom stereocenters. The van der Waals surface area contributed by atoms with Crippen LogP contribution < -0.4 is 16.4 Å². The van der Waals surface area contributed by atoms with Gasteiger partial charge < -0.3 is 20.8 Å². The van der Waals surface area contributed by atoms with Crippen molar-refractivity contribution in [3.05, 3.63) is 48.4 Å². The van der Waals surface area contributed by atoms with E-state index in [1.165, 1.54) is 0 Å². The van der Waals surface area contributed by atoms with Crippen LogP contribution in [0.2, 0.25) is 0 Å². The highest BCUT2D eigenvalue weighted by atomic mass is 16.3. The van der Waals surface area contributed by atoms with Crippen LogP contribution in [0.15, 0.2) is 47.1 Å². The Bertz CT molecular complexity index is 494. The van der Waals surface area contributed by atoms with Crippen molar-refractivity contribution < 1.29 is 9.21 Å². The minimum absolute atomic E-state index is 0.299. The van der Waals surface area contributed by atoms with E-state index < -0.39 is 0 Å². The fraction of sp³-hybridized carbons (Fsp3) is 0.0833. The number of nitrogen functional groups attached to an aromatic ring is 1. The van der Waals surface area contributed by atoms with E-state index in [0.717, 1.165) is 0 Å². The van der Waals surface area contributed by atoms with Gasteiger partial charge in [0.1, 0.15) is 5.76 Å². The summed E-state index contributed by atoms with van der Waals surface area (Å²) < 4.78 is 5.09. The molecule has 0 spiro atoms. The topological polar surface area (TPSA) is 80.3 Å². The van der Waals surface area contributed by atoms with Gasteiger partial charge in [0.25, 0.3) is 0 Å². The van der Waals surface area contributed by atoms with Gasteiger partial charge in [0, 0.05) is 11.4 Å². The Morgan fingerprint density at radius 2 is 2.18 bits per heavy atom. The van der Waals surface area contributed by atoms with Gasteiger partial charge in [0.15, 0.2) is 0 Å². The van der Waals surface area contributed by atoms with Crippen molar-refractivity contribution in [1.82, 2.24) is 5.32 Å². The highest BCUT2D eigenvalue weighted by molar-refractivity contribution is 5.89. The number of urea groups is 1. The zero-order chi connectivity index (χ0) is 12.1. The first-order valence-corrected chi connectivity index (χ1v) is 5.17. The highest BCUT2D eigenvalue weighted by Crippen LogP contribution is 2.11. The third-order valence-corrected chi connectivity index (χ3v) is 2.15. The number of nitrogens with two attached hydrogens (primary N) is 1. The Hall–Kier alpha value is -2.43. The summed E-state index contributed by atoms with van der Waals surface area (Å²) in [6.07, 6.45) is 1.56. The minimum atomic E-state index is -0.299. The summed E-state index contributed by atoms with van der Waals surface area (Å²) >= 11 is 0. The number of anilines is 2. The van der Waals surface area contributed by atoms with Crippen LogP contribution in [0.5, 0.6) is 0 Å². The monoisotopic (exact) mass is 231 g/mol. The van der Waals surface area contributed by atoms with Crippen LogP contribution in [-0.2, 0) is 6.54 Å². The molecule has 2 amide bonds. The molecule has 88 valence electrons. The molecule has 2 rings (SSSR count). The second kappa shape index (κ2) is 5.07. The Kier molecular flexibility index (Phi) is 3.30. The average Bonchev–Trinajstić information content (AvgIpc) is 2.79. The molecule has 2 aromatic rings. The second-order valence-corrected chi connectivity index (χ2v) is 3.51. The summed E-state index contributed by atoms with van der Waals surface area (Å²) in [5.74, 6) is 0.702. The molecule has 0 bridgehead atoms. The van der Waals surface area contributed by atoms with E-state index in [-0.39, 0.29) is 6.03 Å². The summed E-state index contributed by atoms with van der Waals surface area (Å²) in [5.41, 5.74) is 6.86. The minimum Gasteiger partial charge on any atom is -0.467 e. The maximum Gasteiger partial charge on any atom is 0.319 e. The fourth-order valence-corrected chi connectivity index (χ4v) is 1.37. The molecule has 0 fully saturated rings. The van der Waals surface area contributed by atoms with E-state index in [2.05, 4.69) is 10.6 Å². The predicted molar refractivity (Wildman–Crippen MR) is 65.4 cm³/mol. The van der Waals surface area contributed by atoms with E-state index in [0.29, 0.717) is 23.7 Å². The molecule has 0 aliphatic rings. The third kappa shape index (κ3) is 3.27. The maximum absolute atomic E-state index is 11.5. The number of nitrogens with one attached hydrogen (secondary N) is 2. The molecule has 1 aromatic carbocycles. The lowest BCUT2D eigenvalue weighted by molar-refractivity contribution is 0.251. The molecule has 0 atom stereocenters. The summed E-state index contributed by atoms with van der Waals surface area (Å²) in [7, 11) is 0. The highest BCUT2D eigenvalue weighted by Gasteiger charge is 2.02. The summed E-state index contributed by atoms with van der Waals surface area (Å²) in [5, 5.41) is 5.34. The Morgan fingerprint density at radius 1 is 1.29 bits per heavy atom. The molecular formula is C12H13N3O2. The summed E-state index contributed by atoms with van der Waals surface area (Å²) in [4.78, 5) is 11.5. The summed E-state index contributed by atoms with van der Waals surface area (Å²) in [6, 6.07) is 10.2. The Morgan fingerprint density at radius 3 is 2.88 bits per heavy atom. The molecule has 0 radical (unpaired) electrons. The van der Waals surface area contributed by atoms with E-state index in [9.17, 15) is 4.79 Å². The number of rotatable bonds is 3. The molecule has 0 saturated carbocycles. The number of hydrogen-bond acceptors (Lipinski definition) is 3. The number of carbonyl (C=O) groups excluding carboxylic acids is 1. The number of carbonyl (C=O) groups is 1. The lowest BCUT2D eigenvalue weighted by Crippen LogP contribution is -2.27. The molecule has 4 N–H and O–H groups in total. The van der Waals surface area contributed by atoms with Crippen molar-refractivity contribution >= 4 is 17.4 Å². The van der Waals surface area contributed by atoms with Crippen molar-refractivity contribution in [1.29, 1.82) is 0 Å². The van der Waals surface area contributed by atoms with E-state index in [1.807, 2.05) is 0 Å². The number of furan rings is 1. The molecular weight excluding hydrogens is 218 g/mol. The normalized spacial score (nSPS) is 9.88. The number of hydrogen-bond donors (Lipinski definition) is 3. The van der Waals surface area contributed by atoms with Crippen molar-refractivity contribution in [3.63, 3.8) is 0 Å². The number of amides is 2. The summed E-state index contributed by atoms with van der Waals surface area (Å²) in [6.45, 7) is 0.348. The molecule has 1 heterocycles. The first-order chi connectivity index (χ1) is 8.24. The van der Waals surface area contributed by atoms with Gasteiger partial charge in [-0.05, 0) is 30.3 Å². The predicted octanol–water partition coefficient (Wildman–Crippen LogP) is 2.18. The first kappa shape index (κ1) is 11.1. The lowest BCUT2D eigenvalue weighted by atomic mass is 10.3. The molecule has 5 nitrogen and oxygen atoms in total. The Labute approximate surface area is 98.6 Å². The average molecular weight is 231 g/mol. The van der Waals surface area contributed by atoms with Crippen LogP contribution in [0.1, 0.15) is 5.76 Å². The van der Waals surface area contributed by atoms with Crippen LogP contribution in [0.4, 0.5) is 16.2 Å². The van der Waals surface area contributed by atoms with E-state index in [4.69, 9.17) is 10.2 Å². The molecule has 0 aliphatic heterocycles. The van der Waals surface area contributed by atoms with Gasteiger partial charge in [-0.25, -0.2) is 4.79 Å². The maximum atomic E-state index is 11.5. The molecule has 5 heteroatoms. The molecule has 1 aromatic heterocycles. The molecule has 0 aliphatic carbocycles. The van der Waals surface area contributed by atoms with Gasteiger partial charge in [-0.3, -0.25) is 0 Å². The molecule has 0 saturated heterocycles. The first-order valence-electron chi connectivity index (χ1n) is 5.17. The van der Waals surface area contributed by atoms with Gasteiger partial charge in [0.05, 0.1) is 12.8 Å². The zero-order valence-corrected chi connectivity index (χ0v) is 9.14. The van der Waals surface area contributed by atoms with Crippen molar-refractivity contribution in [3.8, 4) is 0 Å². The SMILES string of the molecule is Nc1cccc(NC(=O)NCc2ccco2)c1. The Balaban J connectivity index is 1.85. The standard InChI is InChI=1S/C12H13N3O2/c13-9-3-1-4-10(7-9)15-12(16)14-8-11-5-2-6-17-11/h1-7H,8,13H2,(H2,14,15,16). The second-order valence-electron chi connectivity index (χ2n) is 3.51. The largest absolute Gasteiger partial charge is 0.467 e. The smallest absolute Gasteiger partial charge is 0.319 e. The number of benzene rings is 1. The van der Waals surface area contributed by atoms with E-state index in [1.54, 1.807) is 42.7 Å². The quantitative estimate of drug-likeness (QED) is 0.708. The van der Waals surface area contributed by atoms with Crippen molar-refractivity contribution in [2.24, 2.45) is 0 Å². The van der Waals surface area contributed by atoms with E-state index >= 15 is 0 Å². The van der Waals surface area contributed by atoms with Crippen LogP contribution in [0.25, 0.3) is 0 Å². The van der Waals surface area contributed by atoms with Gasteiger partial charge in [0.2, 0.25) is 0 Å². The third-order valence-electron chi connectivity index (χ3n) is 2.15. The van der Waals surface area contributed by atoms with Gasteiger partial charge >= 0.3 is 6.03 Å². The van der Waals surface area contributed by atoms with Crippen molar-refractivity contribution in [2.45, 2.75) is 6.54 Å². The zero-order valence-electron chi connectivity index (χ0n) is 9.14. The van der Waals surface area contributed by atoms with Crippen LogP contribution in [0, 0.1) is 0 Å². The lowest BCUT2D eigenvalue weighted by Gasteiger charge is -2.06. The van der Waals surface area contributed by atoms with Crippen LogP contribution >= 0.6 is 0 Å². The fourth-order valence-electron chi connectivity index (χ4n) is 1.37.